The fraction of sp³-hybridized carbons (Fsp3) is 0.609. The van der Waals surface area contributed by atoms with Crippen LogP contribution in [0.3, 0.4) is 0 Å². The molecule has 14 atom stereocenters. The number of rotatable bonds is 70. The van der Waals surface area contributed by atoms with Crippen LogP contribution in [0.5, 0.6) is 0 Å². The second kappa shape index (κ2) is 63.0. The predicted octanol–water partition coefficient (Wildman–Crippen LogP) is -1.68. The molecule has 0 bridgehead atoms. The summed E-state index contributed by atoms with van der Waals surface area (Å²) in [5, 5.41) is 112. The summed E-state index contributed by atoms with van der Waals surface area (Å²) in [5.41, 5.74) is 24.1. The molecule has 0 saturated heterocycles. The Balaban J connectivity index is 1.96. The standard InChI is InChI=1S/C87H138N22O24/c1-5-6-7-8-9-10-11-12-13-14-18-35-67(111)99-57(31-21-23-42-88)77(124)106-64(46-53-27-16-15-17-28-53)82(129)105-63(38-41-70(116)117)81(128)104-62(37-40-69(114)115)80(127)103-61(36-39-68(112)113)79(126)102-60(34-26-45-95-87(92)93)76(123)98-51(3)74(121)101-59(33-25-44-94-86(90)91)75(122)97-50(2)73(120)100-58(32-22-24-43-89)78(125)107-65(47-54-49-96-56-30-20-19-29-55(54)56)83(130)108-66(48-71(118)119)84(131)109-72(52(4)110)85(132)133/h15-17,19-20,27-30,49-52,57-66,72,96,110H,5-14,18,21-26,31-48,88-89H2,1-4H3,(H,97,122)(H,98,123)(H,99,111)(H,100,120)(H,101,121)(H,102,126)(H,103,127)(H,104,128)(H,105,129)(H,106,124)(H,107,125)(H,108,130)(H,109,131)(H,112,113)(H,114,115)(H,116,117)(H,118,119)(H,132,133)(H4,90,91,94)(H4,92,93,95)/t50-,51-,52+,57-,58-,59-,60-,61-,62-,63-,64-,65-,66-,72-/m0/s1. The SMILES string of the molecule is CCCCCCCCCCCCCC(=O)N[C@@H](CCCCN)C(=O)N[C@@H](Cc1ccccc1)C(=O)N[C@@H](CCC(=O)O)C(=O)N[C@@H](CCC(=O)O)C(=O)N[C@@H](CCC(=O)O)C(=O)N[C@@H](CCCNC(=N)N)C(=O)N[C@@H](C)C(=O)N[C@@H](CCCNC(=N)N)C(=O)N[C@@H](C)C(=O)N[C@@H](CCCCN)C(=O)N[C@@H](Cc1c[nH]c2ccccc12)C(=O)N[C@@H](CC(=O)O)C(=O)N[C@H](C(=O)O)[C@@H](C)O. The number of fused-ring (bicyclic) bond motifs is 1. The average Bonchev–Trinajstić information content (AvgIpc) is 1.68. The van der Waals surface area contributed by atoms with Crippen LogP contribution in [-0.4, -0.2) is 265 Å². The van der Waals surface area contributed by atoms with Crippen LogP contribution in [0.4, 0.5) is 0 Å². The van der Waals surface area contributed by atoms with E-state index in [-0.39, 0.29) is 90.4 Å². The highest BCUT2D eigenvalue weighted by atomic mass is 16.4. The van der Waals surface area contributed by atoms with Crippen molar-refractivity contribution in [2.45, 2.75) is 311 Å². The number of aliphatic hydroxyl groups is 1. The van der Waals surface area contributed by atoms with Gasteiger partial charge in [0.1, 0.15) is 72.5 Å². The molecule has 133 heavy (non-hydrogen) atoms. The molecule has 2 aromatic carbocycles. The first kappa shape index (κ1) is 114. The Morgan fingerprint density at radius 3 is 1.08 bits per heavy atom. The molecule has 740 valence electrons. The van der Waals surface area contributed by atoms with E-state index in [9.17, 15) is 117 Å². The molecule has 0 aliphatic rings. The lowest BCUT2D eigenvalue weighted by atomic mass is 10.0. The van der Waals surface area contributed by atoms with E-state index in [1.165, 1.54) is 45.2 Å². The van der Waals surface area contributed by atoms with Gasteiger partial charge in [-0.05, 0) is 141 Å². The van der Waals surface area contributed by atoms with Crippen LogP contribution >= 0.6 is 0 Å². The lowest BCUT2D eigenvalue weighted by Gasteiger charge is -2.28. The Morgan fingerprint density at radius 1 is 0.353 bits per heavy atom. The minimum Gasteiger partial charge on any atom is -0.481 e. The molecule has 1 aromatic heterocycles. The number of carbonyl (C=O) groups is 18. The molecule has 3 rings (SSSR count). The first-order valence-electron chi connectivity index (χ1n) is 45.1. The smallest absolute Gasteiger partial charge is 0.328 e. The van der Waals surface area contributed by atoms with Crippen LogP contribution < -0.4 is 103 Å². The van der Waals surface area contributed by atoms with Crippen LogP contribution in [0.2, 0.25) is 0 Å². The molecular weight excluding hydrogens is 1740 g/mol. The van der Waals surface area contributed by atoms with Crippen LogP contribution in [0.25, 0.3) is 10.9 Å². The van der Waals surface area contributed by atoms with Gasteiger partial charge in [0.05, 0.1) is 12.5 Å². The third-order valence-corrected chi connectivity index (χ3v) is 21.5. The van der Waals surface area contributed by atoms with E-state index in [2.05, 4.69) is 86.3 Å². The number of hydrogen-bond donors (Lipinski definition) is 28. The molecule has 46 heteroatoms. The number of unbranched alkanes of at least 4 members (excludes halogenated alkanes) is 12. The summed E-state index contributed by atoms with van der Waals surface area (Å²) in [5.74, 6) is -22.6. The number of benzene rings is 2. The highest BCUT2D eigenvalue weighted by Crippen LogP contribution is 2.21. The van der Waals surface area contributed by atoms with Crippen molar-refractivity contribution in [3.05, 3.63) is 71.9 Å². The Labute approximate surface area is 771 Å². The van der Waals surface area contributed by atoms with Crippen LogP contribution in [0.15, 0.2) is 60.8 Å². The summed E-state index contributed by atoms with van der Waals surface area (Å²) in [7, 11) is 0. The van der Waals surface area contributed by atoms with Crippen molar-refractivity contribution < 1.29 is 117 Å². The fourth-order valence-corrected chi connectivity index (χ4v) is 14.0. The fourth-order valence-electron chi connectivity index (χ4n) is 14.0. The van der Waals surface area contributed by atoms with Crippen molar-refractivity contribution in [2.24, 2.45) is 22.9 Å². The number of carbonyl (C=O) groups excluding carboxylic acids is 13. The third kappa shape index (κ3) is 46.5. The maximum atomic E-state index is 14.6. The van der Waals surface area contributed by atoms with E-state index in [1.54, 1.807) is 54.6 Å². The molecule has 0 aliphatic heterocycles. The van der Waals surface area contributed by atoms with Gasteiger partial charge in [-0.3, -0.25) is 92.3 Å². The number of guanidine groups is 2. The van der Waals surface area contributed by atoms with Crippen molar-refractivity contribution in [3.8, 4) is 0 Å². The van der Waals surface area contributed by atoms with Gasteiger partial charge >= 0.3 is 29.8 Å². The first-order valence-corrected chi connectivity index (χ1v) is 45.1. The Bertz CT molecular complexity index is 4330. The normalized spacial score (nSPS) is 14.2. The molecule has 0 aliphatic carbocycles. The molecule has 0 spiro atoms. The second-order valence-electron chi connectivity index (χ2n) is 32.7. The summed E-state index contributed by atoms with van der Waals surface area (Å²) in [6.45, 7) is 5.78. The summed E-state index contributed by atoms with van der Waals surface area (Å²) in [6.07, 6.45) is 5.69. The van der Waals surface area contributed by atoms with E-state index >= 15 is 0 Å². The highest BCUT2D eigenvalue weighted by Gasteiger charge is 2.39. The lowest BCUT2D eigenvalue weighted by Crippen LogP contribution is -2.61. The maximum Gasteiger partial charge on any atom is 0.328 e. The van der Waals surface area contributed by atoms with Crippen molar-refractivity contribution in [1.29, 1.82) is 10.8 Å². The van der Waals surface area contributed by atoms with Crippen LogP contribution in [0, 0.1) is 10.8 Å². The maximum absolute atomic E-state index is 14.6. The van der Waals surface area contributed by atoms with Gasteiger partial charge in [-0.25, -0.2) is 4.79 Å². The second-order valence-corrected chi connectivity index (χ2v) is 32.7. The van der Waals surface area contributed by atoms with Gasteiger partial charge in [-0.15, -0.1) is 0 Å². The Kier molecular flexibility index (Phi) is 54.0. The van der Waals surface area contributed by atoms with Crippen molar-refractivity contribution in [1.82, 2.24) is 84.7 Å². The molecular formula is C87H138N22O24. The van der Waals surface area contributed by atoms with E-state index in [1.807, 2.05) is 5.32 Å². The number of aliphatic carboxylic acids is 5. The number of carboxylic acids is 5. The number of H-pyrrole nitrogens is 1. The number of carboxylic acid groups (broad SMARTS) is 5. The minimum absolute atomic E-state index is 0.0119. The minimum atomic E-state index is -1.98. The van der Waals surface area contributed by atoms with E-state index in [0.29, 0.717) is 47.7 Å². The van der Waals surface area contributed by atoms with Crippen LogP contribution in [0.1, 0.15) is 225 Å². The number of amides is 13. The molecule has 0 radical (unpaired) electrons. The first-order chi connectivity index (χ1) is 63.2. The zero-order valence-electron chi connectivity index (χ0n) is 75.9. The number of aromatic amines is 1. The number of hydrogen-bond acceptors (Lipinski definition) is 23. The van der Waals surface area contributed by atoms with Gasteiger partial charge in [0.25, 0.3) is 0 Å². The monoisotopic (exact) mass is 1880 g/mol. The van der Waals surface area contributed by atoms with Gasteiger partial charge in [0, 0.05) is 68.7 Å². The topological polar surface area (TPSA) is 777 Å². The van der Waals surface area contributed by atoms with Gasteiger partial charge in [-0.2, -0.15) is 0 Å². The van der Waals surface area contributed by atoms with Gasteiger partial charge in [0.15, 0.2) is 18.0 Å². The van der Waals surface area contributed by atoms with E-state index in [4.69, 9.17) is 33.8 Å². The molecule has 32 N–H and O–H groups in total. The summed E-state index contributed by atoms with van der Waals surface area (Å²) in [4.78, 5) is 249. The molecule has 1 heterocycles. The molecule has 46 nitrogen and oxygen atoms in total. The lowest BCUT2D eigenvalue weighted by molar-refractivity contribution is -0.146. The van der Waals surface area contributed by atoms with Gasteiger partial charge in [-0.1, -0.05) is 120 Å². The number of nitrogens with one attached hydrogen (secondary N) is 18. The predicted molar refractivity (Wildman–Crippen MR) is 486 cm³/mol. The summed E-state index contributed by atoms with van der Waals surface area (Å²) < 4.78 is 0. The van der Waals surface area contributed by atoms with E-state index < -0.39 is 248 Å². The quantitative estimate of drug-likeness (QED) is 0.0170. The summed E-state index contributed by atoms with van der Waals surface area (Å²) >= 11 is 0. The zero-order chi connectivity index (χ0) is 99.1. The Hall–Kier alpha value is -13.1. The number of aliphatic hydroxyl groups excluding tert-OH is 1. The molecule has 0 saturated carbocycles. The summed E-state index contributed by atoms with van der Waals surface area (Å²) in [6, 6.07) is -7.05. The van der Waals surface area contributed by atoms with Gasteiger partial charge < -0.3 is 138 Å². The van der Waals surface area contributed by atoms with Crippen molar-refractivity contribution >= 4 is 129 Å². The van der Waals surface area contributed by atoms with Crippen molar-refractivity contribution in [2.75, 3.05) is 26.2 Å². The Morgan fingerprint density at radius 2 is 0.692 bits per heavy atom. The van der Waals surface area contributed by atoms with Gasteiger partial charge in [0.2, 0.25) is 76.8 Å². The zero-order valence-corrected chi connectivity index (χ0v) is 75.9. The van der Waals surface area contributed by atoms with Crippen molar-refractivity contribution in [3.63, 3.8) is 0 Å². The third-order valence-electron chi connectivity index (χ3n) is 21.5. The number of aromatic nitrogens is 1. The number of nitrogens with two attached hydrogens (primary N) is 4. The average molecular weight is 1880 g/mol. The molecule has 13 amide bonds. The number of para-hydroxylation sites is 1. The van der Waals surface area contributed by atoms with Crippen LogP contribution in [-0.2, 0) is 99.1 Å². The molecule has 0 unspecified atom stereocenters. The highest BCUT2D eigenvalue weighted by molar-refractivity contribution is 6.01. The largest absolute Gasteiger partial charge is 0.481 e. The molecule has 3 aromatic rings. The van der Waals surface area contributed by atoms with E-state index in [0.717, 1.165) is 46.0 Å². The molecule has 0 fully saturated rings.